The van der Waals surface area contributed by atoms with E-state index in [1.54, 1.807) is 18.0 Å². The number of hydrogen-bond acceptors (Lipinski definition) is 4. The molecule has 2 aromatic carbocycles. The van der Waals surface area contributed by atoms with Gasteiger partial charge in [-0.25, -0.2) is 4.68 Å². The van der Waals surface area contributed by atoms with Gasteiger partial charge in [-0.3, -0.25) is 9.00 Å². The largest absolute Gasteiger partial charge is 0.351 e. The molecule has 32 heavy (non-hydrogen) atoms. The third-order valence-corrected chi connectivity index (χ3v) is 6.88. The molecule has 2 heterocycles. The van der Waals surface area contributed by atoms with Crippen LogP contribution < -0.4 is 5.32 Å². The molecule has 2 aromatic heterocycles. The van der Waals surface area contributed by atoms with E-state index in [1.807, 2.05) is 94.6 Å². The van der Waals surface area contributed by atoms with Crippen LogP contribution in [0.5, 0.6) is 0 Å². The smallest absolute Gasteiger partial charge is 0.232 e. The van der Waals surface area contributed by atoms with Crippen molar-refractivity contribution in [3.8, 4) is 11.5 Å². The SMILES string of the molecule is CSc1ccc(CNC(=O)CS(=O)Cc2cnn(-c3ccccc3)c2-n2cccc2)cc1. The normalized spacial score (nSPS) is 11.9. The summed E-state index contributed by atoms with van der Waals surface area (Å²) < 4.78 is 16.6. The average Bonchev–Trinajstić information content (AvgIpc) is 3.48. The van der Waals surface area contributed by atoms with E-state index in [-0.39, 0.29) is 17.4 Å². The molecule has 8 heteroatoms. The second-order valence-electron chi connectivity index (χ2n) is 7.18. The Bertz CT molecular complexity index is 1190. The minimum absolute atomic E-state index is 0.0511. The number of carbonyl (C=O) groups excluding carboxylic acids is 1. The molecule has 6 nitrogen and oxygen atoms in total. The maximum absolute atomic E-state index is 12.8. The molecule has 1 amide bonds. The van der Waals surface area contributed by atoms with Gasteiger partial charge in [0.05, 0.1) is 17.6 Å². The quantitative estimate of drug-likeness (QED) is 0.381. The number of amides is 1. The number of benzene rings is 2. The zero-order chi connectivity index (χ0) is 22.3. The highest BCUT2D eigenvalue weighted by molar-refractivity contribution is 7.98. The van der Waals surface area contributed by atoms with E-state index in [4.69, 9.17) is 0 Å². The second kappa shape index (κ2) is 10.5. The summed E-state index contributed by atoms with van der Waals surface area (Å²) in [6.45, 7) is 0.422. The number of carbonyl (C=O) groups is 1. The fourth-order valence-corrected chi connectivity index (χ4v) is 4.81. The lowest BCUT2D eigenvalue weighted by Crippen LogP contribution is -2.28. The van der Waals surface area contributed by atoms with Crippen LogP contribution in [0.2, 0.25) is 0 Å². The number of rotatable bonds is 9. The first-order valence-corrected chi connectivity index (χ1v) is 12.9. The van der Waals surface area contributed by atoms with Gasteiger partial charge in [-0.2, -0.15) is 5.10 Å². The number of aromatic nitrogens is 3. The van der Waals surface area contributed by atoms with E-state index in [0.29, 0.717) is 6.54 Å². The Morgan fingerprint density at radius 1 is 1.03 bits per heavy atom. The van der Waals surface area contributed by atoms with Crippen molar-refractivity contribution in [3.63, 3.8) is 0 Å². The van der Waals surface area contributed by atoms with Crippen molar-refractivity contribution in [3.05, 3.63) is 96.4 Å². The zero-order valence-corrected chi connectivity index (χ0v) is 19.3. The Balaban J connectivity index is 1.42. The number of nitrogens with one attached hydrogen (secondary N) is 1. The maximum atomic E-state index is 12.8. The van der Waals surface area contributed by atoms with Crippen LogP contribution in [0.25, 0.3) is 11.5 Å². The molecule has 164 valence electrons. The highest BCUT2D eigenvalue weighted by atomic mass is 32.2. The standard InChI is InChI=1S/C24H24N4O2S2/c1-31-22-11-9-19(10-12-22)15-25-23(29)18-32(30)17-20-16-26-28(21-7-3-2-4-8-21)24(20)27-13-5-6-14-27/h2-14,16H,15,17-18H2,1H3,(H,25,29). The van der Waals surface area contributed by atoms with Crippen molar-refractivity contribution in [2.75, 3.05) is 12.0 Å². The fraction of sp³-hybridized carbons (Fsp3) is 0.167. The predicted octanol–water partition coefficient (Wildman–Crippen LogP) is 3.95. The van der Waals surface area contributed by atoms with Gasteiger partial charge in [0.2, 0.25) is 5.91 Å². The second-order valence-corrected chi connectivity index (χ2v) is 9.52. The molecule has 0 saturated heterocycles. The molecule has 0 fully saturated rings. The lowest BCUT2D eigenvalue weighted by molar-refractivity contribution is -0.118. The van der Waals surface area contributed by atoms with Crippen LogP contribution in [0.15, 0.2) is 90.2 Å². The Labute approximate surface area is 194 Å². The Hall–Kier alpha value is -3.10. The summed E-state index contributed by atoms with van der Waals surface area (Å²) in [5.41, 5.74) is 2.75. The molecule has 0 saturated carbocycles. The molecule has 0 aliphatic heterocycles. The van der Waals surface area contributed by atoms with E-state index in [2.05, 4.69) is 10.4 Å². The Morgan fingerprint density at radius 2 is 1.75 bits per heavy atom. The van der Waals surface area contributed by atoms with Gasteiger partial charge in [-0.05, 0) is 48.2 Å². The number of para-hydroxylation sites is 1. The third kappa shape index (κ3) is 5.38. The third-order valence-electron chi connectivity index (χ3n) is 4.92. The molecule has 0 aliphatic carbocycles. The van der Waals surface area contributed by atoms with Gasteiger partial charge in [0.15, 0.2) is 0 Å². The maximum Gasteiger partial charge on any atom is 0.232 e. The summed E-state index contributed by atoms with van der Waals surface area (Å²) in [5.74, 6) is 0.792. The fourth-order valence-electron chi connectivity index (χ4n) is 3.35. The number of nitrogens with zero attached hydrogens (tertiary/aromatic N) is 3. The molecule has 0 aliphatic rings. The topological polar surface area (TPSA) is 68.9 Å². The molecule has 1 atom stereocenters. The minimum Gasteiger partial charge on any atom is -0.351 e. The average molecular weight is 465 g/mol. The molecule has 4 aromatic rings. The number of hydrogen-bond donors (Lipinski definition) is 1. The first-order valence-electron chi connectivity index (χ1n) is 10.1. The van der Waals surface area contributed by atoms with Crippen LogP contribution in [-0.4, -0.2) is 36.5 Å². The van der Waals surface area contributed by atoms with E-state index in [9.17, 15) is 9.00 Å². The van der Waals surface area contributed by atoms with E-state index in [0.717, 1.165) is 22.6 Å². The van der Waals surface area contributed by atoms with Crippen LogP contribution in [-0.2, 0) is 27.9 Å². The highest BCUT2D eigenvalue weighted by Crippen LogP contribution is 2.21. The Morgan fingerprint density at radius 3 is 2.44 bits per heavy atom. The van der Waals surface area contributed by atoms with Crippen LogP contribution in [0, 0.1) is 0 Å². The van der Waals surface area contributed by atoms with E-state index < -0.39 is 10.8 Å². The lowest BCUT2D eigenvalue weighted by atomic mass is 10.2. The van der Waals surface area contributed by atoms with Crippen molar-refractivity contribution in [2.24, 2.45) is 0 Å². The van der Waals surface area contributed by atoms with E-state index >= 15 is 0 Å². The van der Waals surface area contributed by atoms with Crippen molar-refractivity contribution < 1.29 is 9.00 Å². The molecule has 1 N–H and O–H groups in total. The van der Waals surface area contributed by atoms with E-state index in [1.165, 1.54) is 4.90 Å². The van der Waals surface area contributed by atoms with Gasteiger partial charge in [-0.1, -0.05) is 30.3 Å². The summed E-state index contributed by atoms with van der Waals surface area (Å²) in [7, 11) is -1.36. The summed E-state index contributed by atoms with van der Waals surface area (Å²) >= 11 is 1.68. The first-order chi connectivity index (χ1) is 15.6. The van der Waals surface area contributed by atoms with Crippen LogP contribution in [0.4, 0.5) is 0 Å². The van der Waals surface area contributed by atoms with Gasteiger partial charge in [0, 0.05) is 40.2 Å². The van der Waals surface area contributed by atoms with Gasteiger partial charge in [0.1, 0.15) is 11.6 Å². The first kappa shape index (κ1) is 22.1. The minimum atomic E-state index is -1.36. The summed E-state index contributed by atoms with van der Waals surface area (Å²) in [4.78, 5) is 13.5. The molecular weight excluding hydrogens is 440 g/mol. The lowest BCUT2D eigenvalue weighted by Gasteiger charge is -2.11. The molecule has 0 spiro atoms. The van der Waals surface area contributed by atoms with Crippen molar-refractivity contribution in [2.45, 2.75) is 17.2 Å². The molecular formula is C24H24N4O2S2. The van der Waals surface area contributed by atoms with Gasteiger partial charge in [0.25, 0.3) is 0 Å². The van der Waals surface area contributed by atoms with Crippen molar-refractivity contribution >= 4 is 28.5 Å². The molecule has 4 rings (SSSR count). The molecule has 0 bridgehead atoms. The van der Waals surface area contributed by atoms with Crippen LogP contribution in [0.1, 0.15) is 11.1 Å². The molecule has 0 radical (unpaired) electrons. The van der Waals surface area contributed by atoms with Gasteiger partial charge in [-0.15, -0.1) is 11.8 Å². The van der Waals surface area contributed by atoms with Crippen LogP contribution >= 0.6 is 11.8 Å². The summed E-state index contributed by atoms with van der Waals surface area (Å²) in [6.07, 6.45) is 7.61. The molecule has 1 unspecified atom stereocenters. The van der Waals surface area contributed by atoms with Crippen molar-refractivity contribution in [1.29, 1.82) is 0 Å². The predicted molar refractivity (Wildman–Crippen MR) is 130 cm³/mol. The highest BCUT2D eigenvalue weighted by Gasteiger charge is 2.17. The zero-order valence-electron chi connectivity index (χ0n) is 17.7. The summed E-state index contributed by atoms with van der Waals surface area (Å²) in [5, 5.41) is 7.39. The van der Waals surface area contributed by atoms with Gasteiger partial charge < -0.3 is 9.88 Å². The van der Waals surface area contributed by atoms with Crippen molar-refractivity contribution in [1.82, 2.24) is 19.7 Å². The van der Waals surface area contributed by atoms with Gasteiger partial charge >= 0.3 is 0 Å². The van der Waals surface area contributed by atoms with Crippen LogP contribution in [0.3, 0.4) is 0 Å². The summed E-state index contributed by atoms with van der Waals surface area (Å²) in [6, 6.07) is 21.7. The Kier molecular flexibility index (Phi) is 7.24. The monoisotopic (exact) mass is 464 g/mol. The number of thioether (sulfide) groups is 1.